The molecule has 0 saturated carbocycles. The molecule has 0 saturated heterocycles. The number of hydrogen-bond donors (Lipinski definition) is 2. The second kappa shape index (κ2) is 5.56. The Hall–Kier alpha value is -3.16. The molecule has 0 atom stereocenters. The van der Waals surface area contributed by atoms with E-state index in [0.717, 1.165) is 0 Å². The zero-order valence-corrected chi connectivity index (χ0v) is 12.7. The number of nitrogens with zero attached hydrogens (tertiary/aromatic N) is 3. The highest BCUT2D eigenvalue weighted by molar-refractivity contribution is 6.01. The van der Waals surface area contributed by atoms with Crippen LogP contribution in [0, 0.1) is 0 Å². The van der Waals surface area contributed by atoms with Crippen LogP contribution in [0.3, 0.4) is 0 Å². The summed E-state index contributed by atoms with van der Waals surface area (Å²) in [5.41, 5.74) is 6.10. The number of aromatic nitrogens is 4. The van der Waals surface area contributed by atoms with Crippen LogP contribution < -0.4 is 16.2 Å². The van der Waals surface area contributed by atoms with Gasteiger partial charge in [-0.2, -0.15) is 0 Å². The largest absolute Gasteiger partial charge is 0.497 e. The zero-order chi connectivity index (χ0) is 16.6. The number of amides is 1. The fourth-order valence-electron chi connectivity index (χ4n) is 2.34. The molecule has 0 unspecified atom stereocenters. The van der Waals surface area contributed by atoms with Gasteiger partial charge in [0.05, 0.1) is 12.8 Å². The molecule has 118 valence electrons. The van der Waals surface area contributed by atoms with Gasteiger partial charge in [-0.15, -0.1) is 0 Å². The number of carbonyl (C=O) groups is 1. The van der Waals surface area contributed by atoms with Crippen LogP contribution in [0.4, 0.5) is 0 Å². The molecular formula is C15H15N5O3. The molecule has 2 heterocycles. The van der Waals surface area contributed by atoms with Gasteiger partial charge in [0, 0.05) is 6.42 Å². The van der Waals surface area contributed by atoms with Crippen molar-refractivity contribution in [2.45, 2.75) is 13.3 Å². The topological polar surface area (TPSA) is 116 Å². The third kappa shape index (κ3) is 2.44. The molecule has 0 aliphatic heterocycles. The van der Waals surface area contributed by atoms with Crippen molar-refractivity contribution in [2.75, 3.05) is 7.11 Å². The Balaban J connectivity index is 2.32. The van der Waals surface area contributed by atoms with Crippen molar-refractivity contribution < 1.29 is 9.53 Å². The third-order valence-electron chi connectivity index (χ3n) is 3.46. The quantitative estimate of drug-likeness (QED) is 0.738. The molecule has 3 aromatic rings. The van der Waals surface area contributed by atoms with Crippen LogP contribution in [0.25, 0.3) is 16.9 Å². The standard InChI is InChI=1S/C15H15N5O3/c1-3-10-17-11(13(16)21)12-14(18-10)20(15(22)19-12)8-4-6-9(23-2)7-5-8/h4-7H,3H2,1-2H3,(H2,16,21)(H,19,22). The first-order valence-electron chi connectivity index (χ1n) is 7.01. The van der Waals surface area contributed by atoms with Gasteiger partial charge < -0.3 is 15.5 Å². The van der Waals surface area contributed by atoms with Crippen LogP contribution in [-0.2, 0) is 6.42 Å². The lowest BCUT2D eigenvalue weighted by Gasteiger charge is -2.06. The maximum atomic E-state index is 12.3. The molecule has 2 aromatic heterocycles. The van der Waals surface area contributed by atoms with Crippen molar-refractivity contribution in [3.05, 3.63) is 46.3 Å². The normalized spacial score (nSPS) is 10.9. The first-order chi connectivity index (χ1) is 11.0. The lowest BCUT2D eigenvalue weighted by molar-refractivity contribution is 0.0996. The van der Waals surface area contributed by atoms with Gasteiger partial charge in [-0.1, -0.05) is 6.92 Å². The van der Waals surface area contributed by atoms with Crippen LogP contribution in [0.15, 0.2) is 29.1 Å². The van der Waals surface area contributed by atoms with Crippen molar-refractivity contribution in [3.8, 4) is 11.4 Å². The summed E-state index contributed by atoms with van der Waals surface area (Å²) in [6.45, 7) is 1.86. The van der Waals surface area contributed by atoms with E-state index in [0.29, 0.717) is 29.3 Å². The van der Waals surface area contributed by atoms with E-state index in [2.05, 4.69) is 15.0 Å². The highest BCUT2D eigenvalue weighted by atomic mass is 16.5. The Bertz CT molecular complexity index is 940. The highest BCUT2D eigenvalue weighted by Gasteiger charge is 2.18. The lowest BCUT2D eigenvalue weighted by Crippen LogP contribution is -2.16. The number of nitrogens with one attached hydrogen (secondary N) is 1. The van der Waals surface area contributed by atoms with Gasteiger partial charge in [0.2, 0.25) is 0 Å². The van der Waals surface area contributed by atoms with Crippen LogP contribution in [0.2, 0.25) is 0 Å². The van der Waals surface area contributed by atoms with Gasteiger partial charge in [-0.05, 0) is 24.3 Å². The van der Waals surface area contributed by atoms with Crippen LogP contribution >= 0.6 is 0 Å². The minimum atomic E-state index is -0.713. The molecule has 0 radical (unpaired) electrons. The van der Waals surface area contributed by atoms with Crippen molar-refractivity contribution >= 4 is 17.1 Å². The fraction of sp³-hybridized carbons (Fsp3) is 0.200. The molecule has 8 heteroatoms. The Morgan fingerprint density at radius 1 is 1.30 bits per heavy atom. The summed E-state index contributed by atoms with van der Waals surface area (Å²) in [4.78, 5) is 35.0. The van der Waals surface area contributed by atoms with E-state index in [4.69, 9.17) is 10.5 Å². The lowest BCUT2D eigenvalue weighted by atomic mass is 10.3. The molecule has 0 aliphatic carbocycles. The fourth-order valence-corrected chi connectivity index (χ4v) is 2.34. The maximum Gasteiger partial charge on any atom is 0.332 e. The number of H-pyrrole nitrogens is 1. The van der Waals surface area contributed by atoms with Crippen molar-refractivity contribution in [1.29, 1.82) is 0 Å². The number of hydrogen-bond acceptors (Lipinski definition) is 5. The number of nitrogens with two attached hydrogens (primary N) is 1. The Kier molecular flexibility index (Phi) is 3.57. The molecule has 3 N–H and O–H groups in total. The summed E-state index contributed by atoms with van der Waals surface area (Å²) >= 11 is 0. The minimum absolute atomic E-state index is 0.0104. The molecule has 8 nitrogen and oxygen atoms in total. The van der Waals surface area contributed by atoms with Crippen molar-refractivity contribution in [3.63, 3.8) is 0 Å². The predicted molar refractivity (Wildman–Crippen MR) is 83.9 cm³/mol. The summed E-state index contributed by atoms with van der Waals surface area (Å²) in [7, 11) is 1.56. The smallest absolute Gasteiger partial charge is 0.332 e. The number of benzene rings is 1. The summed E-state index contributed by atoms with van der Waals surface area (Å²) in [6, 6.07) is 6.92. The first-order valence-corrected chi connectivity index (χ1v) is 7.01. The number of methoxy groups -OCH3 is 1. The molecule has 0 bridgehead atoms. The number of aryl methyl sites for hydroxylation is 1. The monoisotopic (exact) mass is 313 g/mol. The summed E-state index contributed by atoms with van der Waals surface area (Å²) < 4.78 is 6.49. The van der Waals surface area contributed by atoms with Gasteiger partial charge >= 0.3 is 5.69 Å². The average Bonchev–Trinajstić information content (AvgIpc) is 2.89. The van der Waals surface area contributed by atoms with Crippen molar-refractivity contribution in [2.24, 2.45) is 5.73 Å². The maximum absolute atomic E-state index is 12.3. The third-order valence-corrected chi connectivity index (χ3v) is 3.46. The molecule has 0 spiro atoms. The SMILES string of the molecule is CCc1nc(C(N)=O)c2[nH]c(=O)n(-c3ccc(OC)cc3)c2n1. The first kappa shape index (κ1) is 14.8. The molecule has 23 heavy (non-hydrogen) atoms. The van der Waals surface area contributed by atoms with E-state index in [-0.39, 0.29) is 11.2 Å². The Morgan fingerprint density at radius 2 is 2.00 bits per heavy atom. The highest BCUT2D eigenvalue weighted by Crippen LogP contribution is 2.19. The number of fused-ring (bicyclic) bond motifs is 1. The molecular weight excluding hydrogens is 298 g/mol. The van der Waals surface area contributed by atoms with Crippen LogP contribution in [0.1, 0.15) is 23.2 Å². The molecule has 1 aromatic carbocycles. The number of ether oxygens (including phenoxy) is 1. The number of imidazole rings is 1. The minimum Gasteiger partial charge on any atom is -0.497 e. The van der Waals surface area contributed by atoms with Gasteiger partial charge in [0.15, 0.2) is 11.3 Å². The Labute approximate surface area is 130 Å². The second-order valence-corrected chi connectivity index (χ2v) is 4.87. The predicted octanol–water partition coefficient (Wildman–Crippen LogP) is 0.779. The number of carbonyl (C=O) groups excluding carboxylic acids is 1. The molecule has 0 fully saturated rings. The van der Waals surface area contributed by atoms with Gasteiger partial charge in [-0.25, -0.2) is 19.3 Å². The second-order valence-electron chi connectivity index (χ2n) is 4.87. The molecule has 3 rings (SSSR count). The number of rotatable bonds is 4. The van der Waals surface area contributed by atoms with Gasteiger partial charge in [0.25, 0.3) is 5.91 Å². The van der Waals surface area contributed by atoms with Crippen molar-refractivity contribution in [1.82, 2.24) is 19.5 Å². The number of primary amides is 1. The van der Waals surface area contributed by atoms with E-state index in [9.17, 15) is 9.59 Å². The zero-order valence-electron chi connectivity index (χ0n) is 12.7. The van der Waals surface area contributed by atoms with E-state index in [1.165, 1.54) is 4.57 Å². The van der Waals surface area contributed by atoms with Gasteiger partial charge in [-0.3, -0.25) is 4.79 Å². The summed E-state index contributed by atoms with van der Waals surface area (Å²) in [5, 5.41) is 0. The van der Waals surface area contributed by atoms with Crippen LogP contribution in [-0.4, -0.2) is 32.5 Å². The van der Waals surface area contributed by atoms with Crippen LogP contribution in [0.5, 0.6) is 5.75 Å². The van der Waals surface area contributed by atoms with E-state index >= 15 is 0 Å². The van der Waals surface area contributed by atoms with E-state index < -0.39 is 11.6 Å². The Morgan fingerprint density at radius 3 is 2.57 bits per heavy atom. The summed E-state index contributed by atoms with van der Waals surface area (Å²) in [6.07, 6.45) is 0.512. The average molecular weight is 313 g/mol. The van der Waals surface area contributed by atoms with Gasteiger partial charge in [0.1, 0.15) is 17.1 Å². The summed E-state index contributed by atoms with van der Waals surface area (Å²) in [5.74, 6) is 0.395. The molecule has 1 amide bonds. The van der Waals surface area contributed by atoms with E-state index in [1.807, 2.05) is 6.92 Å². The van der Waals surface area contributed by atoms with E-state index in [1.54, 1.807) is 31.4 Å². The molecule has 0 aliphatic rings. The number of aromatic amines is 1.